The SMILES string of the molecule is O=C(CCS(=O)(=O)c1ccccc1)N[C@H](c1ccsc1)c1cccs1. The number of sulfone groups is 1. The van der Waals surface area contributed by atoms with Crippen molar-refractivity contribution in [2.45, 2.75) is 17.4 Å². The van der Waals surface area contributed by atoms with Gasteiger partial charge in [0.15, 0.2) is 9.84 Å². The van der Waals surface area contributed by atoms with E-state index in [2.05, 4.69) is 5.32 Å². The molecule has 25 heavy (non-hydrogen) atoms. The summed E-state index contributed by atoms with van der Waals surface area (Å²) in [6, 6.07) is 13.8. The second kappa shape index (κ2) is 7.95. The van der Waals surface area contributed by atoms with E-state index in [1.54, 1.807) is 53.0 Å². The first-order valence-corrected chi connectivity index (χ1v) is 11.2. The Balaban J connectivity index is 1.67. The van der Waals surface area contributed by atoms with E-state index in [1.807, 2.05) is 34.3 Å². The Kier molecular flexibility index (Phi) is 5.67. The van der Waals surface area contributed by atoms with Crippen molar-refractivity contribution in [2.24, 2.45) is 0 Å². The fourth-order valence-electron chi connectivity index (χ4n) is 2.42. The molecule has 1 amide bonds. The Morgan fingerprint density at radius 1 is 1.04 bits per heavy atom. The second-order valence-electron chi connectivity index (χ2n) is 5.45. The smallest absolute Gasteiger partial charge is 0.221 e. The van der Waals surface area contributed by atoms with Crippen LogP contribution in [0.2, 0.25) is 0 Å². The molecule has 0 radical (unpaired) electrons. The first-order chi connectivity index (χ1) is 12.1. The van der Waals surface area contributed by atoms with Crippen LogP contribution in [0.15, 0.2) is 69.6 Å². The molecular formula is C18H17NO3S3. The van der Waals surface area contributed by atoms with Gasteiger partial charge in [0.05, 0.1) is 16.7 Å². The van der Waals surface area contributed by atoms with Gasteiger partial charge in [-0.1, -0.05) is 24.3 Å². The second-order valence-corrected chi connectivity index (χ2v) is 9.32. The lowest BCUT2D eigenvalue weighted by Gasteiger charge is -2.16. The van der Waals surface area contributed by atoms with Crippen molar-refractivity contribution in [3.63, 3.8) is 0 Å². The summed E-state index contributed by atoms with van der Waals surface area (Å²) in [5.41, 5.74) is 1.01. The summed E-state index contributed by atoms with van der Waals surface area (Å²) in [4.78, 5) is 13.6. The van der Waals surface area contributed by atoms with E-state index >= 15 is 0 Å². The molecular weight excluding hydrogens is 374 g/mol. The summed E-state index contributed by atoms with van der Waals surface area (Å²) in [5, 5.41) is 8.87. The van der Waals surface area contributed by atoms with Gasteiger partial charge in [-0.25, -0.2) is 8.42 Å². The van der Waals surface area contributed by atoms with Gasteiger partial charge in [0.2, 0.25) is 5.91 Å². The van der Waals surface area contributed by atoms with Gasteiger partial charge in [-0.3, -0.25) is 4.79 Å². The Morgan fingerprint density at radius 2 is 1.84 bits per heavy atom. The summed E-state index contributed by atoms with van der Waals surface area (Å²) in [6.45, 7) is 0. The Morgan fingerprint density at radius 3 is 2.48 bits per heavy atom. The number of amides is 1. The molecule has 3 rings (SSSR count). The number of hydrogen-bond donors (Lipinski definition) is 1. The zero-order chi connectivity index (χ0) is 17.7. The molecule has 7 heteroatoms. The van der Waals surface area contributed by atoms with Crippen molar-refractivity contribution < 1.29 is 13.2 Å². The third kappa shape index (κ3) is 4.56. The normalized spacial score (nSPS) is 12.6. The highest BCUT2D eigenvalue weighted by Gasteiger charge is 2.21. The number of rotatable bonds is 7. The average molecular weight is 392 g/mol. The molecule has 0 unspecified atom stereocenters. The molecule has 0 saturated heterocycles. The predicted octanol–water partition coefficient (Wildman–Crippen LogP) is 3.88. The molecule has 0 aliphatic heterocycles. The summed E-state index contributed by atoms with van der Waals surface area (Å²) in [6.07, 6.45) is -0.0662. The number of benzene rings is 1. The van der Waals surface area contributed by atoms with Crippen molar-refractivity contribution in [2.75, 3.05) is 5.75 Å². The molecule has 2 aromatic heterocycles. The van der Waals surface area contributed by atoms with E-state index in [1.165, 1.54) is 0 Å². The molecule has 1 atom stereocenters. The van der Waals surface area contributed by atoms with Crippen LogP contribution < -0.4 is 5.32 Å². The van der Waals surface area contributed by atoms with Crippen LogP contribution in [0.5, 0.6) is 0 Å². The van der Waals surface area contributed by atoms with E-state index in [0.29, 0.717) is 0 Å². The summed E-state index contributed by atoms with van der Waals surface area (Å²) >= 11 is 3.13. The molecule has 0 aliphatic rings. The number of carbonyl (C=O) groups excluding carboxylic acids is 1. The standard InChI is InChI=1S/C18H17NO3S3/c20-17(9-12-25(21,22)15-5-2-1-3-6-15)19-18(14-8-11-23-13-14)16-7-4-10-24-16/h1-8,10-11,13,18H,9,12H2,(H,19,20)/t18-/m1/s1. The fourth-order valence-corrected chi connectivity index (χ4v) is 5.17. The van der Waals surface area contributed by atoms with E-state index in [9.17, 15) is 13.2 Å². The quantitative estimate of drug-likeness (QED) is 0.665. The van der Waals surface area contributed by atoms with Gasteiger partial charge < -0.3 is 5.32 Å². The van der Waals surface area contributed by atoms with Crippen LogP contribution in [0.3, 0.4) is 0 Å². The summed E-state index contributed by atoms with van der Waals surface area (Å²) in [5.74, 6) is -0.479. The molecule has 0 saturated carbocycles. The first-order valence-electron chi connectivity index (χ1n) is 7.69. The molecule has 4 nitrogen and oxygen atoms in total. The van der Waals surface area contributed by atoms with Gasteiger partial charge in [-0.2, -0.15) is 11.3 Å². The van der Waals surface area contributed by atoms with Crippen molar-refractivity contribution in [1.29, 1.82) is 0 Å². The van der Waals surface area contributed by atoms with E-state index in [0.717, 1.165) is 10.4 Å². The number of hydrogen-bond acceptors (Lipinski definition) is 5. The van der Waals surface area contributed by atoms with Crippen molar-refractivity contribution in [3.05, 3.63) is 75.1 Å². The van der Waals surface area contributed by atoms with Crippen LogP contribution in [0.1, 0.15) is 22.9 Å². The molecule has 0 aliphatic carbocycles. The van der Waals surface area contributed by atoms with Gasteiger partial charge in [-0.15, -0.1) is 11.3 Å². The maximum absolute atomic E-state index is 12.4. The average Bonchev–Trinajstić information content (AvgIpc) is 3.32. The van der Waals surface area contributed by atoms with Crippen LogP contribution in [0.25, 0.3) is 0 Å². The van der Waals surface area contributed by atoms with Crippen molar-refractivity contribution >= 4 is 38.4 Å². The third-order valence-corrected chi connectivity index (χ3v) is 7.08. The summed E-state index contributed by atoms with van der Waals surface area (Å²) < 4.78 is 24.6. The van der Waals surface area contributed by atoms with Gasteiger partial charge in [0, 0.05) is 11.3 Å². The van der Waals surface area contributed by atoms with Crippen molar-refractivity contribution in [3.8, 4) is 0 Å². The zero-order valence-electron chi connectivity index (χ0n) is 13.3. The Bertz CT molecular complexity index is 868. The fraction of sp³-hybridized carbons (Fsp3) is 0.167. The maximum Gasteiger partial charge on any atom is 0.221 e. The van der Waals surface area contributed by atoms with E-state index in [4.69, 9.17) is 0 Å². The highest BCUT2D eigenvalue weighted by molar-refractivity contribution is 7.91. The highest BCUT2D eigenvalue weighted by Crippen LogP contribution is 2.27. The topological polar surface area (TPSA) is 63.2 Å². The van der Waals surface area contributed by atoms with Crippen LogP contribution >= 0.6 is 22.7 Å². The minimum Gasteiger partial charge on any atom is -0.344 e. The lowest BCUT2D eigenvalue weighted by Crippen LogP contribution is -2.30. The minimum atomic E-state index is -3.45. The lowest BCUT2D eigenvalue weighted by molar-refractivity contribution is -0.121. The molecule has 130 valence electrons. The highest BCUT2D eigenvalue weighted by atomic mass is 32.2. The molecule has 1 aromatic carbocycles. The van der Waals surface area contributed by atoms with Crippen LogP contribution in [-0.2, 0) is 14.6 Å². The number of nitrogens with one attached hydrogen (secondary N) is 1. The zero-order valence-corrected chi connectivity index (χ0v) is 15.7. The molecule has 0 spiro atoms. The predicted molar refractivity (Wildman–Crippen MR) is 102 cm³/mol. The van der Waals surface area contributed by atoms with Gasteiger partial charge in [0.25, 0.3) is 0 Å². The molecule has 3 aromatic rings. The minimum absolute atomic E-state index is 0.0662. The van der Waals surface area contributed by atoms with Crippen LogP contribution in [0.4, 0.5) is 0 Å². The summed E-state index contributed by atoms with van der Waals surface area (Å²) in [7, 11) is -3.45. The maximum atomic E-state index is 12.4. The Labute approximate surface area is 155 Å². The third-order valence-electron chi connectivity index (χ3n) is 3.71. The Hall–Kier alpha value is -1.96. The first kappa shape index (κ1) is 17.8. The van der Waals surface area contributed by atoms with E-state index < -0.39 is 9.84 Å². The number of thiophene rings is 2. The van der Waals surface area contributed by atoms with Crippen LogP contribution in [-0.4, -0.2) is 20.1 Å². The molecule has 0 bridgehead atoms. The van der Waals surface area contributed by atoms with E-state index in [-0.39, 0.29) is 29.0 Å². The molecule has 2 heterocycles. The van der Waals surface area contributed by atoms with Gasteiger partial charge in [0.1, 0.15) is 0 Å². The largest absolute Gasteiger partial charge is 0.344 e. The molecule has 0 fully saturated rings. The van der Waals surface area contributed by atoms with Crippen LogP contribution in [0, 0.1) is 0 Å². The van der Waals surface area contributed by atoms with Gasteiger partial charge in [-0.05, 0) is 46.0 Å². The molecule has 1 N–H and O–H groups in total. The van der Waals surface area contributed by atoms with Gasteiger partial charge >= 0.3 is 0 Å². The number of carbonyl (C=O) groups is 1. The van der Waals surface area contributed by atoms with Crippen molar-refractivity contribution in [1.82, 2.24) is 5.32 Å². The monoisotopic (exact) mass is 391 g/mol. The lowest BCUT2D eigenvalue weighted by atomic mass is 10.1.